The van der Waals surface area contributed by atoms with Crippen molar-refractivity contribution in [2.75, 3.05) is 42.6 Å². The summed E-state index contributed by atoms with van der Waals surface area (Å²) in [6.45, 7) is 4.28. The second-order valence-electron chi connectivity index (χ2n) is 13.2. The Morgan fingerprint density at radius 2 is 1.73 bits per heavy atom. The van der Waals surface area contributed by atoms with Gasteiger partial charge in [0, 0.05) is 66.5 Å². The van der Waals surface area contributed by atoms with Crippen molar-refractivity contribution in [3.63, 3.8) is 0 Å². The lowest BCUT2D eigenvalue weighted by Gasteiger charge is -2.31. The molecule has 9 nitrogen and oxygen atoms in total. The highest BCUT2D eigenvalue weighted by Crippen LogP contribution is 2.44. The average Bonchev–Trinajstić information content (AvgIpc) is 3.85. The summed E-state index contributed by atoms with van der Waals surface area (Å²) in [6.07, 6.45) is 7.76. The number of aromatic amines is 1. The lowest BCUT2D eigenvalue weighted by molar-refractivity contribution is -0.117. The van der Waals surface area contributed by atoms with E-state index in [-0.39, 0.29) is 10.7 Å². The number of hydrogen-bond donors (Lipinski definition) is 1. The number of H-pyrrole nitrogens is 1. The van der Waals surface area contributed by atoms with Gasteiger partial charge in [-0.2, -0.15) is 4.98 Å². The van der Waals surface area contributed by atoms with E-state index in [1.807, 2.05) is 4.90 Å². The minimum atomic E-state index is 0.191. The molecule has 1 amide bonds. The Bertz CT molecular complexity index is 2000. The van der Waals surface area contributed by atoms with Crippen molar-refractivity contribution < 1.29 is 18.8 Å². The first-order valence-electron chi connectivity index (χ1n) is 17.2. The first-order chi connectivity index (χ1) is 23.5. The van der Waals surface area contributed by atoms with E-state index in [0.29, 0.717) is 38.0 Å². The highest BCUT2D eigenvalue weighted by Gasteiger charge is 2.27. The quantitative estimate of drug-likeness (QED) is 0.168. The molecule has 1 saturated carbocycles. The van der Waals surface area contributed by atoms with Crippen molar-refractivity contribution in [2.24, 2.45) is 7.05 Å². The summed E-state index contributed by atoms with van der Waals surface area (Å²) in [5, 5.41) is 4.14. The average molecular weight is 664 g/mol. The Hall–Kier alpha value is -4.41. The summed E-state index contributed by atoms with van der Waals surface area (Å²) >= 11 is 5.11. The molecular weight excluding hydrogens is 623 g/mol. The van der Waals surface area contributed by atoms with Crippen LogP contribution >= 0.6 is 12.2 Å². The van der Waals surface area contributed by atoms with E-state index in [1.54, 1.807) is 0 Å². The minimum absolute atomic E-state index is 0.191. The van der Waals surface area contributed by atoms with Gasteiger partial charge in [0.05, 0.1) is 18.9 Å². The molecule has 1 aliphatic carbocycles. The van der Waals surface area contributed by atoms with E-state index in [4.69, 9.17) is 26.2 Å². The molecule has 5 aromatic rings. The van der Waals surface area contributed by atoms with Crippen LogP contribution in [0.2, 0.25) is 0 Å². The van der Waals surface area contributed by atoms with Crippen LogP contribution in [-0.2, 0) is 23.2 Å². The van der Waals surface area contributed by atoms with Gasteiger partial charge in [0.25, 0.3) is 0 Å². The fourth-order valence-electron chi connectivity index (χ4n) is 7.88. The molecule has 48 heavy (non-hydrogen) atoms. The standard InChI is InChI=1S/C38H41N5O4S/c1-41-33-23-27(37-39-38(48)47-40-37)11-15-31(33)35(25-6-3-2-4-7-25)36(41)26-9-13-30(14-10-26)46-24-28-22-29(43-17-5-8-34(43)44)12-16-32(28)42-18-20-45-21-19-42/h9-16,22-23,25H,2-8,17-21,24H2,1H3,(H,39,40,48). The van der Waals surface area contributed by atoms with Crippen LogP contribution in [0.5, 0.6) is 5.75 Å². The molecule has 8 rings (SSSR count). The second-order valence-corrected chi connectivity index (χ2v) is 13.5. The fraction of sp³-hybridized carbons (Fsp3) is 0.395. The van der Waals surface area contributed by atoms with E-state index in [1.165, 1.54) is 54.3 Å². The highest BCUT2D eigenvalue weighted by molar-refractivity contribution is 7.71. The normalized spacial score (nSPS) is 17.5. The zero-order chi connectivity index (χ0) is 32.6. The van der Waals surface area contributed by atoms with Gasteiger partial charge in [0.2, 0.25) is 5.91 Å². The molecular formula is C38H41N5O4S. The van der Waals surface area contributed by atoms with Crippen molar-refractivity contribution in [1.82, 2.24) is 14.7 Å². The fourth-order valence-corrected chi connectivity index (χ4v) is 8.01. The molecule has 3 fully saturated rings. The van der Waals surface area contributed by atoms with Crippen LogP contribution in [0.15, 0.2) is 65.2 Å². The molecule has 0 atom stereocenters. The molecule has 0 spiro atoms. The van der Waals surface area contributed by atoms with Crippen molar-refractivity contribution in [3.05, 3.63) is 76.6 Å². The third kappa shape index (κ3) is 5.92. The van der Waals surface area contributed by atoms with Gasteiger partial charge in [-0.25, -0.2) is 5.16 Å². The van der Waals surface area contributed by atoms with Crippen LogP contribution in [0.4, 0.5) is 11.4 Å². The Kier molecular flexibility index (Phi) is 8.52. The lowest BCUT2D eigenvalue weighted by Crippen LogP contribution is -2.37. The topological polar surface area (TPSA) is 88.8 Å². The van der Waals surface area contributed by atoms with Crippen LogP contribution in [0.1, 0.15) is 62.0 Å². The van der Waals surface area contributed by atoms with E-state index in [9.17, 15) is 4.79 Å². The first-order valence-corrected chi connectivity index (χ1v) is 17.6. The van der Waals surface area contributed by atoms with Crippen LogP contribution in [0.25, 0.3) is 33.5 Å². The van der Waals surface area contributed by atoms with Gasteiger partial charge in [0.15, 0.2) is 5.82 Å². The van der Waals surface area contributed by atoms with Crippen LogP contribution < -0.4 is 14.5 Å². The number of nitrogens with one attached hydrogen (secondary N) is 1. The number of nitrogens with zero attached hydrogens (tertiary/aromatic N) is 4. The minimum Gasteiger partial charge on any atom is -0.489 e. The number of ether oxygens (including phenoxy) is 2. The van der Waals surface area contributed by atoms with Gasteiger partial charge in [-0.3, -0.25) is 4.79 Å². The molecule has 0 unspecified atom stereocenters. The van der Waals surface area contributed by atoms with E-state index in [0.717, 1.165) is 59.8 Å². The summed E-state index contributed by atoms with van der Waals surface area (Å²) in [7, 11) is 2.16. The van der Waals surface area contributed by atoms with Gasteiger partial charge in [0.1, 0.15) is 12.4 Å². The molecule has 10 heteroatoms. The monoisotopic (exact) mass is 663 g/mol. The number of hydrogen-bond acceptors (Lipinski definition) is 7. The van der Waals surface area contributed by atoms with Crippen LogP contribution in [0, 0.1) is 4.84 Å². The molecule has 1 N–H and O–H groups in total. The lowest BCUT2D eigenvalue weighted by atomic mass is 9.82. The summed E-state index contributed by atoms with van der Waals surface area (Å²) in [5.74, 6) is 2.16. The number of anilines is 2. The Labute approximate surface area is 285 Å². The Morgan fingerprint density at radius 1 is 0.938 bits per heavy atom. The third-order valence-corrected chi connectivity index (χ3v) is 10.5. The molecule has 4 heterocycles. The Balaban J connectivity index is 1.10. The van der Waals surface area contributed by atoms with Gasteiger partial charge < -0.3 is 28.4 Å². The highest BCUT2D eigenvalue weighted by atomic mass is 32.1. The zero-order valence-electron chi connectivity index (χ0n) is 27.4. The molecule has 2 saturated heterocycles. The molecule has 2 aromatic heterocycles. The van der Waals surface area contributed by atoms with Gasteiger partial charge in [-0.1, -0.05) is 31.4 Å². The number of aryl methyl sites for hydroxylation is 1. The number of fused-ring (bicyclic) bond motifs is 1. The smallest absolute Gasteiger partial charge is 0.314 e. The summed E-state index contributed by atoms with van der Waals surface area (Å²) < 4.78 is 19.6. The summed E-state index contributed by atoms with van der Waals surface area (Å²) in [6, 6.07) is 21.4. The number of carbonyl (C=O) groups is 1. The third-order valence-electron chi connectivity index (χ3n) is 10.3. The summed E-state index contributed by atoms with van der Waals surface area (Å²) in [5.41, 5.74) is 9.14. The number of carbonyl (C=O) groups excluding carboxylic acids is 1. The van der Waals surface area contributed by atoms with E-state index < -0.39 is 0 Å². The number of amides is 1. The number of benzene rings is 3. The molecule has 3 aliphatic rings. The number of morpholine rings is 1. The maximum absolute atomic E-state index is 12.5. The second kappa shape index (κ2) is 13.2. The summed E-state index contributed by atoms with van der Waals surface area (Å²) in [4.78, 5) is 21.4. The predicted molar refractivity (Wildman–Crippen MR) is 190 cm³/mol. The zero-order valence-corrected chi connectivity index (χ0v) is 28.2. The first kappa shape index (κ1) is 30.9. The van der Waals surface area contributed by atoms with Gasteiger partial charge >= 0.3 is 4.84 Å². The number of rotatable bonds is 8. The van der Waals surface area contributed by atoms with Crippen molar-refractivity contribution in [3.8, 4) is 28.4 Å². The predicted octanol–water partition coefficient (Wildman–Crippen LogP) is 8.15. The molecule has 0 bridgehead atoms. The maximum Gasteiger partial charge on any atom is 0.314 e. The number of aromatic nitrogens is 3. The van der Waals surface area contributed by atoms with E-state index >= 15 is 0 Å². The maximum atomic E-state index is 12.5. The van der Waals surface area contributed by atoms with Gasteiger partial charge in [-0.05, 0) is 97.1 Å². The van der Waals surface area contributed by atoms with Crippen molar-refractivity contribution in [1.29, 1.82) is 0 Å². The van der Waals surface area contributed by atoms with Crippen LogP contribution in [-0.4, -0.2) is 53.5 Å². The molecule has 3 aromatic carbocycles. The molecule has 248 valence electrons. The van der Waals surface area contributed by atoms with Gasteiger partial charge in [-0.15, -0.1) is 0 Å². The Morgan fingerprint density at radius 3 is 2.46 bits per heavy atom. The molecule has 0 radical (unpaired) electrons. The SMILES string of the molecule is Cn1c(-c2ccc(OCc3cc(N4CCCC4=O)ccc3N3CCOCC3)cc2)c(C2CCCCC2)c2ccc(-c3nc(=S)o[nH]3)cc21. The van der Waals surface area contributed by atoms with Crippen molar-refractivity contribution in [2.45, 2.75) is 57.5 Å². The van der Waals surface area contributed by atoms with Crippen LogP contribution in [0.3, 0.4) is 0 Å². The van der Waals surface area contributed by atoms with E-state index in [2.05, 4.69) is 87.3 Å². The molecule has 2 aliphatic heterocycles. The van der Waals surface area contributed by atoms with Crippen molar-refractivity contribution >= 4 is 40.4 Å². The largest absolute Gasteiger partial charge is 0.489 e.